The van der Waals surface area contributed by atoms with E-state index in [1.165, 1.54) is 0 Å². The van der Waals surface area contributed by atoms with E-state index in [4.69, 9.17) is 0 Å². The van der Waals surface area contributed by atoms with Crippen LogP contribution in [-0.4, -0.2) is 27.3 Å². The molecule has 0 saturated heterocycles. The molecule has 0 aliphatic heterocycles. The Kier molecular flexibility index (Phi) is 4.22. The van der Waals surface area contributed by atoms with Gasteiger partial charge in [-0.3, -0.25) is 0 Å². The molecule has 0 saturated carbocycles. The summed E-state index contributed by atoms with van der Waals surface area (Å²) in [6, 6.07) is 1.92. The van der Waals surface area contributed by atoms with Crippen LogP contribution >= 0.6 is 0 Å². The first-order chi connectivity index (χ1) is 9.47. The number of nitrogens with one attached hydrogen (secondary N) is 2. The van der Waals surface area contributed by atoms with Crippen LogP contribution in [0.15, 0.2) is 18.5 Å². The first kappa shape index (κ1) is 14.3. The zero-order valence-electron chi connectivity index (χ0n) is 12.3. The van der Waals surface area contributed by atoms with Crippen molar-refractivity contribution in [2.24, 2.45) is 5.92 Å². The van der Waals surface area contributed by atoms with Gasteiger partial charge in [-0.05, 0) is 25.8 Å². The number of fused-ring (bicyclic) bond motifs is 1. The lowest BCUT2D eigenvalue weighted by Crippen LogP contribution is -2.31. The minimum Gasteiger partial charge on any atom is -0.338 e. The van der Waals surface area contributed by atoms with E-state index in [1.54, 1.807) is 12.4 Å². The Morgan fingerprint density at radius 3 is 2.70 bits per heavy atom. The minimum absolute atomic E-state index is 0.212. The number of pyridine rings is 1. The van der Waals surface area contributed by atoms with E-state index in [2.05, 4.69) is 34.6 Å². The third kappa shape index (κ3) is 3.26. The third-order valence-electron chi connectivity index (χ3n) is 2.85. The summed E-state index contributed by atoms with van der Waals surface area (Å²) in [5, 5.41) is 10.8. The van der Waals surface area contributed by atoms with E-state index in [0.717, 1.165) is 11.0 Å². The standard InChI is InChI=1S/C14H21N5O/c1-9(2)6-16-14(20)18-12-5-11-7-17-19(10(3)4)13(11)15-8-12/h5,7-10H,6H2,1-4H3,(H2,16,18,20). The van der Waals surface area contributed by atoms with Gasteiger partial charge in [0.2, 0.25) is 0 Å². The lowest BCUT2D eigenvalue weighted by molar-refractivity contribution is 0.251. The van der Waals surface area contributed by atoms with Gasteiger partial charge in [0.05, 0.1) is 18.1 Å². The molecule has 0 fully saturated rings. The van der Waals surface area contributed by atoms with Crippen molar-refractivity contribution in [3.8, 4) is 0 Å². The van der Waals surface area contributed by atoms with Gasteiger partial charge in [-0.2, -0.15) is 5.10 Å². The third-order valence-corrected chi connectivity index (χ3v) is 2.85. The van der Waals surface area contributed by atoms with E-state index in [-0.39, 0.29) is 12.1 Å². The van der Waals surface area contributed by atoms with Gasteiger partial charge in [-0.25, -0.2) is 14.5 Å². The smallest absolute Gasteiger partial charge is 0.319 e. The number of amides is 2. The van der Waals surface area contributed by atoms with Crippen LogP contribution < -0.4 is 10.6 Å². The van der Waals surface area contributed by atoms with Gasteiger partial charge in [0, 0.05) is 18.0 Å². The summed E-state index contributed by atoms with van der Waals surface area (Å²) in [4.78, 5) is 16.1. The molecule has 2 aromatic heterocycles. The van der Waals surface area contributed by atoms with Crippen LogP contribution in [0.4, 0.5) is 10.5 Å². The van der Waals surface area contributed by atoms with Gasteiger partial charge in [-0.15, -0.1) is 0 Å². The van der Waals surface area contributed by atoms with Crippen LogP contribution in [0.25, 0.3) is 11.0 Å². The molecule has 2 heterocycles. The van der Waals surface area contributed by atoms with Crippen molar-refractivity contribution in [1.82, 2.24) is 20.1 Å². The van der Waals surface area contributed by atoms with E-state index in [1.807, 2.05) is 24.6 Å². The number of rotatable bonds is 4. The van der Waals surface area contributed by atoms with Crippen molar-refractivity contribution < 1.29 is 4.79 Å². The highest BCUT2D eigenvalue weighted by atomic mass is 16.2. The zero-order chi connectivity index (χ0) is 14.7. The molecule has 0 unspecified atom stereocenters. The highest BCUT2D eigenvalue weighted by Crippen LogP contribution is 2.18. The number of hydrogen-bond acceptors (Lipinski definition) is 3. The quantitative estimate of drug-likeness (QED) is 0.901. The van der Waals surface area contributed by atoms with Gasteiger partial charge in [-0.1, -0.05) is 13.8 Å². The maximum absolute atomic E-state index is 11.7. The number of hydrogen-bond donors (Lipinski definition) is 2. The second-order valence-corrected chi connectivity index (χ2v) is 5.55. The molecular formula is C14H21N5O. The van der Waals surface area contributed by atoms with Crippen LogP contribution in [0.5, 0.6) is 0 Å². The van der Waals surface area contributed by atoms with E-state index in [0.29, 0.717) is 18.2 Å². The van der Waals surface area contributed by atoms with Crippen LogP contribution in [-0.2, 0) is 0 Å². The maximum Gasteiger partial charge on any atom is 0.319 e. The number of anilines is 1. The molecule has 2 amide bonds. The first-order valence-electron chi connectivity index (χ1n) is 6.85. The van der Waals surface area contributed by atoms with Gasteiger partial charge < -0.3 is 10.6 Å². The number of aromatic nitrogens is 3. The molecular weight excluding hydrogens is 254 g/mol. The molecule has 0 aliphatic rings. The largest absolute Gasteiger partial charge is 0.338 e. The van der Waals surface area contributed by atoms with Crippen molar-refractivity contribution in [3.63, 3.8) is 0 Å². The molecule has 0 spiro atoms. The summed E-state index contributed by atoms with van der Waals surface area (Å²) in [5.41, 5.74) is 1.50. The molecule has 20 heavy (non-hydrogen) atoms. The molecule has 6 nitrogen and oxygen atoms in total. The van der Waals surface area contributed by atoms with E-state index >= 15 is 0 Å². The lowest BCUT2D eigenvalue weighted by atomic mass is 10.2. The Morgan fingerprint density at radius 2 is 2.05 bits per heavy atom. The van der Waals surface area contributed by atoms with Crippen molar-refractivity contribution in [2.45, 2.75) is 33.7 Å². The van der Waals surface area contributed by atoms with E-state index < -0.39 is 0 Å². The lowest BCUT2D eigenvalue weighted by Gasteiger charge is -2.10. The second kappa shape index (κ2) is 5.90. The summed E-state index contributed by atoms with van der Waals surface area (Å²) in [6.45, 7) is 8.86. The number of carbonyl (C=O) groups excluding carboxylic acids is 1. The van der Waals surface area contributed by atoms with Crippen LogP contribution in [0, 0.1) is 5.92 Å². The Labute approximate surface area is 118 Å². The Bertz CT molecular complexity index is 603. The summed E-state index contributed by atoms with van der Waals surface area (Å²) < 4.78 is 1.86. The average Bonchev–Trinajstić information content (AvgIpc) is 2.79. The summed E-state index contributed by atoms with van der Waals surface area (Å²) >= 11 is 0. The van der Waals surface area contributed by atoms with E-state index in [9.17, 15) is 4.79 Å². The fraction of sp³-hybridized carbons (Fsp3) is 0.500. The molecule has 0 radical (unpaired) electrons. The molecule has 0 aliphatic carbocycles. The molecule has 0 bridgehead atoms. The predicted octanol–water partition coefficient (Wildman–Crippen LogP) is 2.79. The minimum atomic E-state index is -0.212. The molecule has 2 rings (SSSR count). The topological polar surface area (TPSA) is 71.8 Å². The highest BCUT2D eigenvalue weighted by Gasteiger charge is 2.09. The molecule has 108 valence electrons. The van der Waals surface area contributed by atoms with Crippen LogP contribution in [0.3, 0.4) is 0 Å². The van der Waals surface area contributed by atoms with Gasteiger partial charge in [0.15, 0.2) is 5.65 Å². The molecule has 2 N–H and O–H groups in total. The maximum atomic E-state index is 11.7. The molecule has 2 aromatic rings. The number of urea groups is 1. The number of nitrogens with zero attached hydrogens (tertiary/aromatic N) is 3. The molecule has 0 atom stereocenters. The summed E-state index contributed by atoms with van der Waals surface area (Å²) in [6.07, 6.45) is 3.41. The Balaban J connectivity index is 2.10. The second-order valence-electron chi connectivity index (χ2n) is 5.55. The summed E-state index contributed by atoms with van der Waals surface area (Å²) in [5.74, 6) is 0.422. The number of carbonyl (C=O) groups is 1. The van der Waals surface area contributed by atoms with Crippen molar-refractivity contribution in [1.29, 1.82) is 0 Å². The Morgan fingerprint density at radius 1 is 1.30 bits per heavy atom. The zero-order valence-corrected chi connectivity index (χ0v) is 12.3. The van der Waals surface area contributed by atoms with Crippen molar-refractivity contribution in [3.05, 3.63) is 18.5 Å². The molecule has 6 heteroatoms. The van der Waals surface area contributed by atoms with Crippen LogP contribution in [0.1, 0.15) is 33.7 Å². The first-order valence-corrected chi connectivity index (χ1v) is 6.85. The Hall–Kier alpha value is -2.11. The fourth-order valence-electron chi connectivity index (χ4n) is 1.86. The van der Waals surface area contributed by atoms with Gasteiger partial charge >= 0.3 is 6.03 Å². The predicted molar refractivity (Wildman–Crippen MR) is 79.8 cm³/mol. The summed E-state index contributed by atoms with van der Waals surface area (Å²) in [7, 11) is 0. The normalized spacial score (nSPS) is 11.3. The highest BCUT2D eigenvalue weighted by molar-refractivity contribution is 5.91. The van der Waals surface area contributed by atoms with Gasteiger partial charge in [0.1, 0.15) is 0 Å². The average molecular weight is 275 g/mol. The van der Waals surface area contributed by atoms with Crippen molar-refractivity contribution >= 4 is 22.8 Å². The fourth-order valence-corrected chi connectivity index (χ4v) is 1.86. The molecule has 0 aromatic carbocycles. The van der Waals surface area contributed by atoms with Gasteiger partial charge in [0.25, 0.3) is 0 Å². The van der Waals surface area contributed by atoms with Crippen molar-refractivity contribution in [2.75, 3.05) is 11.9 Å². The van der Waals surface area contributed by atoms with Crippen LogP contribution in [0.2, 0.25) is 0 Å². The monoisotopic (exact) mass is 275 g/mol. The SMILES string of the molecule is CC(C)CNC(=O)Nc1cnc2c(cnn2C(C)C)c1.